The molecule has 0 aromatic heterocycles. The molecule has 0 aliphatic carbocycles. The van der Waals surface area contributed by atoms with E-state index in [0.717, 1.165) is 6.42 Å². The molecule has 0 heterocycles. The predicted molar refractivity (Wildman–Crippen MR) is 45.8 cm³/mol. The Labute approximate surface area is 72.9 Å². The largest absolute Gasteiger partial charge is 0.394 e. The van der Waals surface area contributed by atoms with E-state index in [0.29, 0.717) is 13.0 Å². The molecule has 1 atom stereocenters. The smallest absolute Gasteiger partial charge is 0.222 e. The second-order valence-electron chi connectivity index (χ2n) is 2.60. The topological polar surface area (TPSA) is 58.6 Å². The lowest BCUT2D eigenvalue weighted by atomic mass is 10.2. The maximum atomic E-state index is 11.0. The molecule has 1 unspecified atom stereocenters. The van der Waals surface area contributed by atoms with E-state index in [2.05, 4.69) is 5.32 Å². The first-order chi connectivity index (χ1) is 5.74. The van der Waals surface area contributed by atoms with Gasteiger partial charge in [0, 0.05) is 13.5 Å². The third-order valence-corrected chi connectivity index (χ3v) is 1.61. The fourth-order valence-electron chi connectivity index (χ4n) is 0.771. The minimum absolute atomic E-state index is 0.00474. The van der Waals surface area contributed by atoms with Gasteiger partial charge in [0.2, 0.25) is 5.91 Å². The Morgan fingerprint density at radius 2 is 2.33 bits per heavy atom. The summed E-state index contributed by atoms with van der Waals surface area (Å²) >= 11 is 0. The van der Waals surface area contributed by atoms with Gasteiger partial charge in [-0.3, -0.25) is 4.79 Å². The highest BCUT2D eigenvalue weighted by Gasteiger charge is 2.07. The summed E-state index contributed by atoms with van der Waals surface area (Å²) in [4.78, 5) is 11.0. The molecule has 0 rings (SSSR count). The molecule has 2 N–H and O–H groups in total. The first kappa shape index (κ1) is 11.4. The molecule has 4 nitrogen and oxygen atoms in total. The first-order valence-electron chi connectivity index (χ1n) is 4.13. The van der Waals surface area contributed by atoms with Crippen molar-refractivity contribution in [3.63, 3.8) is 0 Å². The molecule has 0 aliphatic heterocycles. The molecule has 0 aliphatic rings. The van der Waals surface area contributed by atoms with Crippen molar-refractivity contribution in [3.8, 4) is 0 Å². The van der Waals surface area contributed by atoms with E-state index in [9.17, 15) is 4.79 Å². The molecule has 12 heavy (non-hydrogen) atoms. The van der Waals surface area contributed by atoms with Gasteiger partial charge in [-0.05, 0) is 6.42 Å². The second kappa shape index (κ2) is 7.06. The highest BCUT2D eigenvalue weighted by atomic mass is 16.5. The lowest BCUT2D eigenvalue weighted by Gasteiger charge is -2.13. The third-order valence-electron chi connectivity index (χ3n) is 1.61. The molecule has 0 aromatic carbocycles. The first-order valence-corrected chi connectivity index (χ1v) is 4.13. The van der Waals surface area contributed by atoms with Crippen molar-refractivity contribution in [1.29, 1.82) is 0 Å². The maximum absolute atomic E-state index is 11.0. The van der Waals surface area contributed by atoms with Crippen LogP contribution in [0.3, 0.4) is 0 Å². The quantitative estimate of drug-likeness (QED) is 0.593. The Hall–Kier alpha value is -0.610. The summed E-state index contributed by atoms with van der Waals surface area (Å²) in [7, 11) is 1.55. The van der Waals surface area contributed by atoms with Crippen molar-refractivity contribution >= 4 is 5.91 Å². The summed E-state index contributed by atoms with van der Waals surface area (Å²) in [5.74, 6) is -0.0715. The number of ether oxygens (including phenoxy) is 1. The van der Waals surface area contributed by atoms with Gasteiger partial charge in [0.05, 0.1) is 19.3 Å². The fourth-order valence-corrected chi connectivity index (χ4v) is 0.771. The molecule has 0 saturated heterocycles. The average molecular weight is 175 g/mol. The SMILES string of the molecule is CCC(CO)NC(=O)CCOC. The van der Waals surface area contributed by atoms with Gasteiger partial charge >= 0.3 is 0 Å². The molecule has 0 bridgehead atoms. The van der Waals surface area contributed by atoms with Crippen LogP contribution in [0.1, 0.15) is 19.8 Å². The highest BCUT2D eigenvalue weighted by Crippen LogP contribution is 1.90. The third kappa shape index (κ3) is 5.09. The highest BCUT2D eigenvalue weighted by molar-refractivity contribution is 5.76. The predicted octanol–water partition coefficient (Wildman–Crippen LogP) is -0.0900. The second-order valence-corrected chi connectivity index (χ2v) is 2.60. The molecule has 0 aromatic rings. The van der Waals surface area contributed by atoms with Crippen LogP contribution in [0.5, 0.6) is 0 Å². The Morgan fingerprint density at radius 3 is 2.75 bits per heavy atom. The Balaban J connectivity index is 3.52. The molecule has 0 fully saturated rings. The molecule has 72 valence electrons. The van der Waals surface area contributed by atoms with Crippen LogP contribution in [0.4, 0.5) is 0 Å². The number of carbonyl (C=O) groups is 1. The van der Waals surface area contributed by atoms with Crippen LogP contribution < -0.4 is 5.32 Å². The number of aliphatic hydroxyl groups is 1. The van der Waals surface area contributed by atoms with Crippen molar-refractivity contribution in [2.45, 2.75) is 25.8 Å². The summed E-state index contributed by atoms with van der Waals surface area (Å²) in [5.41, 5.74) is 0. The Morgan fingerprint density at radius 1 is 1.67 bits per heavy atom. The lowest BCUT2D eigenvalue weighted by molar-refractivity contribution is -0.123. The summed E-state index contributed by atoms with van der Waals surface area (Å²) in [6.45, 7) is 2.33. The van der Waals surface area contributed by atoms with Crippen molar-refractivity contribution < 1.29 is 14.6 Å². The van der Waals surface area contributed by atoms with Gasteiger partial charge in [-0.2, -0.15) is 0 Å². The van der Waals surface area contributed by atoms with Gasteiger partial charge < -0.3 is 15.2 Å². The van der Waals surface area contributed by atoms with Crippen molar-refractivity contribution in [2.24, 2.45) is 0 Å². The molecule has 1 amide bonds. The normalized spacial score (nSPS) is 12.6. The molecule has 4 heteroatoms. The van der Waals surface area contributed by atoms with E-state index in [1.54, 1.807) is 7.11 Å². The fraction of sp³-hybridized carbons (Fsp3) is 0.875. The van der Waals surface area contributed by atoms with Crippen LogP contribution >= 0.6 is 0 Å². The van der Waals surface area contributed by atoms with Crippen LogP contribution in [0, 0.1) is 0 Å². The summed E-state index contributed by atoms with van der Waals surface area (Å²) in [6, 6.07) is -0.116. The minimum atomic E-state index is -0.116. The zero-order valence-corrected chi connectivity index (χ0v) is 7.67. The van der Waals surface area contributed by atoms with Gasteiger partial charge in [0.15, 0.2) is 0 Å². The number of rotatable bonds is 6. The van der Waals surface area contributed by atoms with Gasteiger partial charge in [-0.1, -0.05) is 6.92 Å². The van der Waals surface area contributed by atoms with E-state index in [-0.39, 0.29) is 18.6 Å². The van der Waals surface area contributed by atoms with Crippen LogP contribution in [0.15, 0.2) is 0 Å². The minimum Gasteiger partial charge on any atom is -0.394 e. The zero-order chi connectivity index (χ0) is 9.40. The Bertz CT molecular complexity index is 123. The number of aliphatic hydroxyl groups excluding tert-OH is 1. The van der Waals surface area contributed by atoms with Crippen molar-refractivity contribution in [2.75, 3.05) is 20.3 Å². The molecule has 0 spiro atoms. The van der Waals surface area contributed by atoms with Gasteiger partial charge in [0.25, 0.3) is 0 Å². The van der Waals surface area contributed by atoms with E-state index in [1.165, 1.54) is 0 Å². The number of methoxy groups -OCH3 is 1. The molecule has 0 saturated carbocycles. The van der Waals surface area contributed by atoms with Gasteiger partial charge in [0.1, 0.15) is 0 Å². The molecular weight excluding hydrogens is 158 g/mol. The Kier molecular flexibility index (Phi) is 6.70. The van der Waals surface area contributed by atoms with Crippen LogP contribution in [0.2, 0.25) is 0 Å². The van der Waals surface area contributed by atoms with Crippen LogP contribution in [-0.4, -0.2) is 37.4 Å². The number of amides is 1. The van der Waals surface area contributed by atoms with Gasteiger partial charge in [-0.15, -0.1) is 0 Å². The van der Waals surface area contributed by atoms with E-state index in [4.69, 9.17) is 9.84 Å². The average Bonchev–Trinajstić information content (AvgIpc) is 2.10. The van der Waals surface area contributed by atoms with Gasteiger partial charge in [-0.25, -0.2) is 0 Å². The zero-order valence-electron chi connectivity index (χ0n) is 7.67. The number of carbonyl (C=O) groups excluding carboxylic acids is 1. The van der Waals surface area contributed by atoms with Crippen molar-refractivity contribution in [3.05, 3.63) is 0 Å². The summed E-state index contributed by atoms with van der Waals surface area (Å²) in [6.07, 6.45) is 1.10. The number of hydrogen-bond acceptors (Lipinski definition) is 3. The number of nitrogens with one attached hydrogen (secondary N) is 1. The summed E-state index contributed by atoms with van der Waals surface area (Å²) < 4.78 is 4.74. The van der Waals surface area contributed by atoms with E-state index >= 15 is 0 Å². The summed E-state index contributed by atoms with van der Waals surface area (Å²) in [5, 5.41) is 11.4. The van der Waals surface area contributed by atoms with Crippen LogP contribution in [-0.2, 0) is 9.53 Å². The van der Waals surface area contributed by atoms with Crippen LogP contribution in [0.25, 0.3) is 0 Å². The maximum Gasteiger partial charge on any atom is 0.222 e. The van der Waals surface area contributed by atoms with Crippen molar-refractivity contribution in [1.82, 2.24) is 5.32 Å². The monoisotopic (exact) mass is 175 g/mol. The number of hydrogen-bond donors (Lipinski definition) is 2. The van der Waals surface area contributed by atoms with E-state index in [1.807, 2.05) is 6.92 Å². The molecular formula is C8H17NO3. The standard InChI is InChI=1S/C8H17NO3/c1-3-7(6-10)9-8(11)4-5-12-2/h7,10H,3-6H2,1-2H3,(H,9,11). The molecule has 0 radical (unpaired) electrons. The van der Waals surface area contributed by atoms with E-state index < -0.39 is 0 Å². The lowest BCUT2D eigenvalue weighted by Crippen LogP contribution is -2.37.